The summed E-state index contributed by atoms with van der Waals surface area (Å²) in [4.78, 5) is 32.1. The summed E-state index contributed by atoms with van der Waals surface area (Å²) in [7, 11) is 0. The molecule has 0 aromatic carbocycles. The lowest BCUT2D eigenvalue weighted by Crippen LogP contribution is -2.62. The summed E-state index contributed by atoms with van der Waals surface area (Å²) in [6.45, 7) is 5.66. The zero-order chi connectivity index (χ0) is 16.7. The summed E-state index contributed by atoms with van der Waals surface area (Å²) in [6, 6.07) is 5.33. The molecule has 0 spiro atoms. The smallest absolute Gasteiger partial charge is 0.362 e. The number of piperazine rings is 3. The van der Waals surface area contributed by atoms with Crippen molar-refractivity contribution in [3.8, 4) is 0 Å². The lowest BCUT2D eigenvalue weighted by molar-refractivity contribution is -0.385. The molecule has 1 N–H and O–H groups in total. The second-order valence-electron chi connectivity index (χ2n) is 6.17. The van der Waals surface area contributed by atoms with Crippen molar-refractivity contribution in [2.24, 2.45) is 0 Å². The van der Waals surface area contributed by atoms with Gasteiger partial charge >= 0.3 is 11.2 Å². The van der Waals surface area contributed by atoms with E-state index in [4.69, 9.17) is 0 Å². The van der Waals surface area contributed by atoms with Crippen LogP contribution in [-0.4, -0.2) is 69.4 Å². The van der Waals surface area contributed by atoms with Gasteiger partial charge < -0.3 is 5.32 Å². The van der Waals surface area contributed by atoms with Crippen LogP contribution in [-0.2, 0) is 0 Å². The molecule has 5 heterocycles. The molecule has 126 valence electrons. The second-order valence-corrected chi connectivity index (χ2v) is 6.17. The molecular weight excluding hydrogens is 312 g/mol. The van der Waals surface area contributed by atoms with Crippen molar-refractivity contribution >= 4 is 17.2 Å². The van der Waals surface area contributed by atoms with E-state index in [9.17, 15) is 14.9 Å². The molecule has 9 heteroatoms. The number of nitrogens with one attached hydrogen (secondary N) is 1. The summed E-state index contributed by atoms with van der Waals surface area (Å²) in [5.74, 6) is 0.0499. The minimum Gasteiger partial charge on any atom is -0.362 e. The number of pyridine rings is 1. The number of anilines is 1. The SMILES string of the molecule is O=c1c([N+](=O)[O-])c(NCC2CN3CCN2CC3)nc2ccccn12. The summed E-state index contributed by atoms with van der Waals surface area (Å²) in [5.41, 5.74) is -0.776. The van der Waals surface area contributed by atoms with Gasteiger partial charge in [0.2, 0.25) is 5.82 Å². The predicted octanol–water partition coefficient (Wildman–Crippen LogP) is 0.0144. The highest BCUT2D eigenvalue weighted by Crippen LogP contribution is 2.20. The van der Waals surface area contributed by atoms with Crippen molar-refractivity contribution in [3.05, 3.63) is 44.9 Å². The zero-order valence-corrected chi connectivity index (χ0v) is 13.1. The number of hydrogen-bond acceptors (Lipinski definition) is 7. The highest BCUT2D eigenvalue weighted by atomic mass is 16.6. The van der Waals surface area contributed by atoms with E-state index in [1.165, 1.54) is 10.6 Å². The largest absolute Gasteiger partial charge is 0.376 e. The van der Waals surface area contributed by atoms with Crippen LogP contribution in [0.15, 0.2) is 29.2 Å². The van der Waals surface area contributed by atoms with Gasteiger partial charge in [-0.15, -0.1) is 0 Å². The standard InChI is InChI=1S/C15H18N6O3/c22-15-13(21(23)24)14(17-12-3-1-2-4-20(12)15)16-9-11-10-18-5-7-19(11)8-6-18/h1-4,11,16H,5-10H2. The van der Waals surface area contributed by atoms with Gasteiger partial charge in [-0.05, 0) is 12.1 Å². The number of hydrogen-bond donors (Lipinski definition) is 1. The van der Waals surface area contributed by atoms with Crippen LogP contribution in [0.5, 0.6) is 0 Å². The molecule has 9 nitrogen and oxygen atoms in total. The number of nitro groups is 1. The minimum absolute atomic E-state index is 0.0499. The van der Waals surface area contributed by atoms with E-state index in [0.29, 0.717) is 12.2 Å². The van der Waals surface area contributed by atoms with Gasteiger partial charge in [-0.1, -0.05) is 6.07 Å². The molecule has 0 radical (unpaired) electrons. The predicted molar refractivity (Wildman–Crippen MR) is 88.4 cm³/mol. The topological polar surface area (TPSA) is 96.0 Å². The van der Waals surface area contributed by atoms with E-state index in [1.807, 2.05) is 0 Å². The van der Waals surface area contributed by atoms with E-state index in [0.717, 1.165) is 32.7 Å². The molecule has 2 bridgehead atoms. The van der Waals surface area contributed by atoms with Crippen molar-refractivity contribution in [1.82, 2.24) is 19.2 Å². The van der Waals surface area contributed by atoms with Gasteiger partial charge in [0.05, 0.1) is 4.92 Å². The van der Waals surface area contributed by atoms with Gasteiger partial charge in [-0.3, -0.25) is 29.1 Å². The fourth-order valence-corrected chi connectivity index (χ4v) is 3.50. The Morgan fingerprint density at radius 3 is 2.75 bits per heavy atom. The quantitative estimate of drug-likeness (QED) is 0.623. The fourth-order valence-electron chi connectivity index (χ4n) is 3.50. The Hall–Kier alpha value is -2.52. The van der Waals surface area contributed by atoms with Crippen LogP contribution >= 0.6 is 0 Å². The van der Waals surface area contributed by atoms with Crippen molar-refractivity contribution in [2.45, 2.75) is 6.04 Å². The monoisotopic (exact) mass is 330 g/mol. The second kappa shape index (κ2) is 5.84. The molecule has 3 aliphatic rings. The molecular formula is C15H18N6O3. The molecule has 1 unspecified atom stereocenters. The Bertz CT molecular complexity index is 843. The first-order valence-electron chi connectivity index (χ1n) is 7.99. The number of rotatable bonds is 4. The van der Waals surface area contributed by atoms with E-state index in [1.54, 1.807) is 18.2 Å². The Kier molecular flexibility index (Phi) is 3.66. The van der Waals surface area contributed by atoms with Gasteiger partial charge in [0.15, 0.2) is 0 Å². The van der Waals surface area contributed by atoms with E-state index in [-0.39, 0.29) is 11.9 Å². The lowest BCUT2D eigenvalue weighted by Gasteiger charge is -2.47. The summed E-state index contributed by atoms with van der Waals surface area (Å²) in [5, 5.41) is 14.4. The lowest BCUT2D eigenvalue weighted by atomic mass is 10.1. The maximum Gasteiger partial charge on any atom is 0.376 e. The van der Waals surface area contributed by atoms with E-state index >= 15 is 0 Å². The third kappa shape index (κ3) is 2.51. The number of aromatic nitrogens is 2. The zero-order valence-electron chi connectivity index (χ0n) is 13.1. The fraction of sp³-hybridized carbons (Fsp3) is 0.467. The third-order valence-electron chi connectivity index (χ3n) is 4.79. The first-order valence-corrected chi connectivity index (χ1v) is 7.99. The van der Waals surface area contributed by atoms with E-state index in [2.05, 4.69) is 20.1 Å². The Morgan fingerprint density at radius 1 is 1.29 bits per heavy atom. The number of nitrogens with zero attached hydrogens (tertiary/aromatic N) is 5. The van der Waals surface area contributed by atoms with Crippen LogP contribution in [0.4, 0.5) is 11.5 Å². The van der Waals surface area contributed by atoms with Crippen molar-refractivity contribution in [2.75, 3.05) is 44.6 Å². The van der Waals surface area contributed by atoms with Gasteiger partial charge in [-0.2, -0.15) is 0 Å². The Balaban J connectivity index is 1.64. The minimum atomic E-state index is -0.665. The van der Waals surface area contributed by atoms with Gasteiger partial charge in [-0.25, -0.2) is 4.98 Å². The van der Waals surface area contributed by atoms with Crippen molar-refractivity contribution in [3.63, 3.8) is 0 Å². The molecule has 1 atom stereocenters. The maximum atomic E-state index is 12.4. The summed E-state index contributed by atoms with van der Waals surface area (Å²) >= 11 is 0. The van der Waals surface area contributed by atoms with Gasteiger partial charge in [0.1, 0.15) is 5.65 Å². The van der Waals surface area contributed by atoms with E-state index < -0.39 is 16.2 Å². The molecule has 2 aromatic rings. The molecule has 2 aromatic heterocycles. The van der Waals surface area contributed by atoms with Crippen LogP contribution in [0.25, 0.3) is 5.65 Å². The van der Waals surface area contributed by atoms with Crippen LogP contribution in [0.3, 0.4) is 0 Å². The van der Waals surface area contributed by atoms with Crippen molar-refractivity contribution in [1.29, 1.82) is 0 Å². The highest BCUT2D eigenvalue weighted by Gasteiger charge is 2.32. The van der Waals surface area contributed by atoms with Crippen molar-refractivity contribution < 1.29 is 4.92 Å². The molecule has 0 amide bonds. The molecule has 0 aliphatic carbocycles. The van der Waals surface area contributed by atoms with Gasteiger partial charge in [0.25, 0.3) is 0 Å². The Morgan fingerprint density at radius 2 is 2.08 bits per heavy atom. The average molecular weight is 330 g/mol. The molecule has 3 aliphatic heterocycles. The first kappa shape index (κ1) is 15.0. The molecule has 3 fully saturated rings. The Labute approximate surface area is 137 Å². The van der Waals surface area contributed by atoms with Crippen LogP contribution in [0.1, 0.15) is 0 Å². The molecule has 24 heavy (non-hydrogen) atoms. The van der Waals surface area contributed by atoms with Gasteiger partial charge in [0, 0.05) is 51.5 Å². The normalized spacial score (nSPS) is 25.8. The summed E-state index contributed by atoms with van der Waals surface area (Å²) in [6.07, 6.45) is 1.49. The highest BCUT2D eigenvalue weighted by molar-refractivity contribution is 5.59. The molecule has 0 saturated carbocycles. The average Bonchev–Trinajstić information content (AvgIpc) is 2.61. The molecule has 5 rings (SSSR count). The van der Waals surface area contributed by atoms with Crippen LogP contribution < -0.4 is 10.9 Å². The first-order chi connectivity index (χ1) is 11.6. The van der Waals surface area contributed by atoms with Crippen LogP contribution in [0.2, 0.25) is 0 Å². The van der Waals surface area contributed by atoms with Crippen LogP contribution in [0, 0.1) is 10.1 Å². The summed E-state index contributed by atoms with van der Waals surface area (Å²) < 4.78 is 1.20. The molecule has 3 saturated heterocycles. The number of fused-ring (bicyclic) bond motifs is 4. The maximum absolute atomic E-state index is 12.4. The third-order valence-corrected chi connectivity index (χ3v) is 4.79.